The second-order valence-electron chi connectivity index (χ2n) is 6.30. The molecule has 4 heterocycles. The standard InChI is InChI=1S/C19H17N7/c1-11-4-13(8-21-7-11)15-5-16(23-18-12(2)10-26(3)25-18)24-19-17(15)14(6-20)9-22-19/h4-5,7-10H,1-3H3,(H2,22,23,24,25). The Labute approximate surface area is 150 Å². The molecule has 128 valence electrons. The van der Waals surface area contributed by atoms with Crippen molar-refractivity contribution in [1.82, 2.24) is 24.7 Å². The molecule has 7 heteroatoms. The molecule has 0 atom stereocenters. The normalized spacial score (nSPS) is 10.8. The van der Waals surface area contributed by atoms with E-state index in [1.54, 1.807) is 23.3 Å². The van der Waals surface area contributed by atoms with E-state index < -0.39 is 0 Å². The Hall–Kier alpha value is -3.66. The summed E-state index contributed by atoms with van der Waals surface area (Å²) in [5, 5.41) is 17.9. The van der Waals surface area contributed by atoms with Crippen LogP contribution in [-0.2, 0) is 7.05 Å². The van der Waals surface area contributed by atoms with Gasteiger partial charge < -0.3 is 10.3 Å². The first kappa shape index (κ1) is 15.8. The van der Waals surface area contributed by atoms with Gasteiger partial charge in [-0.1, -0.05) is 0 Å². The fourth-order valence-corrected chi connectivity index (χ4v) is 3.07. The number of H-pyrrole nitrogens is 1. The van der Waals surface area contributed by atoms with Gasteiger partial charge in [0.15, 0.2) is 5.82 Å². The maximum Gasteiger partial charge on any atom is 0.156 e. The van der Waals surface area contributed by atoms with Gasteiger partial charge in [0, 0.05) is 48.3 Å². The minimum Gasteiger partial charge on any atom is -0.345 e. The molecule has 0 spiro atoms. The predicted molar refractivity (Wildman–Crippen MR) is 100 cm³/mol. The molecule has 2 N–H and O–H groups in total. The van der Waals surface area contributed by atoms with Crippen molar-refractivity contribution in [2.75, 3.05) is 5.32 Å². The molecule has 0 saturated carbocycles. The lowest BCUT2D eigenvalue weighted by Gasteiger charge is -2.09. The second kappa shape index (κ2) is 6.01. The fraction of sp³-hybridized carbons (Fsp3) is 0.158. The number of aryl methyl sites for hydroxylation is 3. The van der Waals surface area contributed by atoms with Crippen molar-refractivity contribution in [3.05, 3.63) is 53.6 Å². The van der Waals surface area contributed by atoms with E-state index in [0.717, 1.165) is 33.5 Å². The molecule has 4 aromatic rings. The van der Waals surface area contributed by atoms with Crippen molar-refractivity contribution in [2.45, 2.75) is 13.8 Å². The third kappa shape index (κ3) is 2.67. The Morgan fingerprint density at radius 1 is 1.23 bits per heavy atom. The molecule has 0 saturated heterocycles. The van der Waals surface area contributed by atoms with E-state index in [1.165, 1.54) is 0 Å². The average Bonchev–Trinajstić information content (AvgIpc) is 3.16. The SMILES string of the molecule is Cc1cncc(-c2cc(Nc3nn(C)cc3C)nc3[nH]cc(C#N)c23)c1. The highest BCUT2D eigenvalue weighted by atomic mass is 15.3. The zero-order valence-corrected chi connectivity index (χ0v) is 14.7. The van der Waals surface area contributed by atoms with Crippen molar-refractivity contribution >= 4 is 22.7 Å². The van der Waals surface area contributed by atoms with Crippen LogP contribution in [0.15, 0.2) is 36.9 Å². The summed E-state index contributed by atoms with van der Waals surface area (Å²) in [5.41, 5.74) is 5.13. The number of aromatic amines is 1. The van der Waals surface area contributed by atoms with E-state index in [1.807, 2.05) is 39.2 Å². The second-order valence-corrected chi connectivity index (χ2v) is 6.30. The van der Waals surface area contributed by atoms with Gasteiger partial charge in [0.05, 0.1) is 5.56 Å². The Bertz CT molecular complexity index is 1160. The smallest absolute Gasteiger partial charge is 0.156 e. The molecule has 0 fully saturated rings. The van der Waals surface area contributed by atoms with Crippen LogP contribution in [0.1, 0.15) is 16.7 Å². The molecule has 0 bridgehead atoms. The Morgan fingerprint density at radius 2 is 2.08 bits per heavy atom. The Balaban J connectivity index is 1.91. The summed E-state index contributed by atoms with van der Waals surface area (Å²) in [6, 6.07) is 6.21. The van der Waals surface area contributed by atoms with Crippen LogP contribution in [0, 0.1) is 25.2 Å². The summed E-state index contributed by atoms with van der Waals surface area (Å²) in [6.07, 6.45) is 7.22. The van der Waals surface area contributed by atoms with Crippen molar-refractivity contribution < 1.29 is 0 Å². The molecule has 0 radical (unpaired) electrons. The lowest BCUT2D eigenvalue weighted by atomic mass is 10.0. The highest BCUT2D eigenvalue weighted by Gasteiger charge is 2.15. The number of nitrogens with zero attached hydrogens (tertiary/aromatic N) is 5. The van der Waals surface area contributed by atoms with Gasteiger partial charge in [0.2, 0.25) is 0 Å². The van der Waals surface area contributed by atoms with Gasteiger partial charge >= 0.3 is 0 Å². The van der Waals surface area contributed by atoms with Gasteiger partial charge in [-0.2, -0.15) is 10.4 Å². The van der Waals surface area contributed by atoms with E-state index in [4.69, 9.17) is 0 Å². The maximum absolute atomic E-state index is 9.45. The molecular formula is C19H17N7. The number of aromatic nitrogens is 5. The first-order valence-corrected chi connectivity index (χ1v) is 8.16. The minimum absolute atomic E-state index is 0.560. The number of nitrogens with one attached hydrogen (secondary N) is 2. The third-order valence-electron chi connectivity index (χ3n) is 4.21. The van der Waals surface area contributed by atoms with E-state index in [9.17, 15) is 5.26 Å². The summed E-state index contributed by atoms with van der Waals surface area (Å²) in [4.78, 5) is 12.0. The first-order valence-electron chi connectivity index (χ1n) is 8.16. The molecule has 0 aromatic carbocycles. The fourth-order valence-electron chi connectivity index (χ4n) is 3.07. The largest absolute Gasteiger partial charge is 0.345 e. The van der Waals surface area contributed by atoms with E-state index in [-0.39, 0.29) is 0 Å². The quantitative estimate of drug-likeness (QED) is 0.593. The number of hydrogen-bond donors (Lipinski definition) is 2. The van der Waals surface area contributed by atoms with Crippen molar-refractivity contribution in [2.24, 2.45) is 7.05 Å². The van der Waals surface area contributed by atoms with Gasteiger partial charge in [0.25, 0.3) is 0 Å². The molecule has 0 aliphatic heterocycles. The lowest BCUT2D eigenvalue weighted by Crippen LogP contribution is -1.98. The predicted octanol–water partition coefficient (Wildman–Crippen LogP) is 3.59. The molecule has 0 aliphatic rings. The molecule has 4 aromatic heterocycles. The van der Waals surface area contributed by atoms with Crippen LogP contribution in [0.4, 0.5) is 11.6 Å². The number of nitriles is 1. The molecule has 0 amide bonds. The summed E-state index contributed by atoms with van der Waals surface area (Å²) in [7, 11) is 1.88. The summed E-state index contributed by atoms with van der Waals surface area (Å²) in [6.45, 7) is 3.98. The van der Waals surface area contributed by atoms with Gasteiger partial charge in [-0.15, -0.1) is 0 Å². The van der Waals surface area contributed by atoms with Crippen molar-refractivity contribution in [3.63, 3.8) is 0 Å². The molecular weight excluding hydrogens is 326 g/mol. The third-order valence-corrected chi connectivity index (χ3v) is 4.21. The van der Waals surface area contributed by atoms with Gasteiger partial charge in [-0.3, -0.25) is 9.67 Å². The average molecular weight is 343 g/mol. The van der Waals surface area contributed by atoms with E-state index in [0.29, 0.717) is 17.0 Å². The highest BCUT2D eigenvalue weighted by molar-refractivity contribution is 5.98. The van der Waals surface area contributed by atoms with Crippen LogP contribution in [0.3, 0.4) is 0 Å². The zero-order valence-electron chi connectivity index (χ0n) is 14.7. The van der Waals surface area contributed by atoms with E-state index in [2.05, 4.69) is 31.4 Å². The lowest BCUT2D eigenvalue weighted by molar-refractivity contribution is 0.770. The monoisotopic (exact) mass is 343 g/mol. The molecule has 0 unspecified atom stereocenters. The van der Waals surface area contributed by atoms with Crippen LogP contribution in [0.2, 0.25) is 0 Å². The maximum atomic E-state index is 9.45. The minimum atomic E-state index is 0.560. The zero-order chi connectivity index (χ0) is 18.3. The number of fused-ring (bicyclic) bond motifs is 1. The number of pyridine rings is 2. The van der Waals surface area contributed by atoms with E-state index >= 15 is 0 Å². The van der Waals surface area contributed by atoms with Crippen LogP contribution >= 0.6 is 0 Å². The number of anilines is 2. The summed E-state index contributed by atoms with van der Waals surface area (Å²) < 4.78 is 1.75. The van der Waals surface area contributed by atoms with Crippen molar-refractivity contribution in [3.8, 4) is 17.2 Å². The highest BCUT2D eigenvalue weighted by Crippen LogP contribution is 2.33. The summed E-state index contributed by atoms with van der Waals surface area (Å²) in [5.74, 6) is 1.40. The molecule has 0 aliphatic carbocycles. The summed E-state index contributed by atoms with van der Waals surface area (Å²) >= 11 is 0. The molecule has 26 heavy (non-hydrogen) atoms. The molecule has 4 rings (SSSR count). The molecule has 7 nitrogen and oxygen atoms in total. The van der Waals surface area contributed by atoms with Gasteiger partial charge in [0.1, 0.15) is 17.5 Å². The topological polar surface area (TPSA) is 95.2 Å². The van der Waals surface area contributed by atoms with Crippen molar-refractivity contribution in [1.29, 1.82) is 5.26 Å². The van der Waals surface area contributed by atoms with Crippen LogP contribution in [0.25, 0.3) is 22.2 Å². The number of hydrogen-bond acceptors (Lipinski definition) is 5. The van der Waals surface area contributed by atoms with Crippen LogP contribution in [0.5, 0.6) is 0 Å². The van der Waals surface area contributed by atoms with Crippen LogP contribution in [-0.4, -0.2) is 24.7 Å². The first-order chi connectivity index (χ1) is 12.5. The number of rotatable bonds is 3. The van der Waals surface area contributed by atoms with Gasteiger partial charge in [-0.25, -0.2) is 4.98 Å². The Morgan fingerprint density at radius 3 is 2.77 bits per heavy atom. The van der Waals surface area contributed by atoms with Crippen LogP contribution < -0.4 is 5.32 Å². The Kier molecular flexibility index (Phi) is 3.66. The van der Waals surface area contributed by atoms with Gasteiger partial charge in [-0.05, 0) is 37.1 Å².